The third-order valence-corrected chi connectivity index (χ3v) is 2.85. The van der Waals surface area contributed by atoms with Crippen molar-refractivity contribution >= 4 is 0 Å². The number of nitrogens with zero attached hydrogens (tertiary/aromatic N) is 4. The monoisotopic (exact) mass is 228 g/mol. The van der Waals surface area contributed by atoms with Crippen molar-refractivity contribution < 1.29 is 4.39 Å². The summed E-state index contributed by atoms with van der Waals surface area (Å²) in [4.78, 5) is 0. The average molecular weight is 228 g/mol. The van der Waals surface area contributed by atoms with Crippen LogP contribution < -0.4 is 0 Å². The minimum absolute atomic E-state index is 0.289. The normalized spacial score (nSPS) is 14.6. The maximum absolute atomic E-state index is 12.8. The molecule has 1 aromatic heterocycles. The van der Waals surface area contributed by atoms with Gasteiger partial charge in [0.2, 0.25) is 0 Å². The zero-order valence-electron chi connectivity index (χ0n) is 8.97. The van der Waals surface area contributed by atoms with E-state index in [1.165, 1.54) is 12.1 Å². The molecule has 1 fully saturated rings. The molecule has 0 N–H and O–H groups in total. The van der Waals surface area contributed by atoms with E-state index in [9.17, 15) is 4.39 Å². The lowest BCUT2D eigenvalue weighted by Crippen LogP contribution is -2.02. The highest BCUT2D eigenvalue weighted by Gasteiger charge is 2.31. The molecule has 0 unspecified atom stereocenters. The molecule has 0 bridgehead atoms. The molecule has 0 saturated heterocycles. The second-order valence-corrected chi connectivity index (χ2v) is 4.10. The topological polar surface area (TPSA) is 54.5 Å². The average Bonchev–Trinajstić information content (AvgIpc) is 3.10. The molecule has 2 aromatic rings. The molecular weight excluding hydrogens is 219 g/mol. The Morgan fingerprint density at radius 1 is 1.29 bits per heavy atom. The fourth-order valence-electron chi connectivity index (χ4n) is 1.86. The predicted molar refractivity (Wildman–Crippen MR) is 58.0 cm³/mol. The van der Waals surface area contributed by atoms with Gasteiger partial charge in [0.05, 0.1) is 11.4 Å². The molecule has 0 aliphatic heterocycles. The number of hydrogen-bond acceptors (Lipinski definition) is 3. The summed E-state index contributed by atoms with van der Waals surface area (Å²) < 4.78 is 14.5. The van der Waals surface area contributed by atoms with Crippen LogP contribution in [0.5, 0.6) is 0 Å². The van der Waals surface area contributed by atoms with Gasteiger partial charge in [-0.2, -0.15) is 5.26 Å². The van der Waals surface area contributed by atoms with E-state index in [1.807, 2.05) is 6.07 Å². The smallest absolute Gasteiger partial charge is 0.186 e. The molecule has 0 atom stereocenters. The molecule has 1 aliphatic carbocycles. The summed E-state index contributed by atoms with van der Waals surface area (Å²) in [7, 11) is 0. The number of hydrogen-bond donors (Lipinski definition) is 0. The van der Waals surface area contributed by atoms with Gasteiger partial charge in [-0.1, -0.05) is 5.21 Å². The maximum Gasteiger partial charge on any atom is 0.186 e. The lowest BCUT2D eigenvalue weighted by atomic mass is 10.2. The second kappa shape index (κ2) is 3.67. The van der Waals surface area contributed by atoms with Crippen molar-refractivity contribution in [3.8, 4) is 11.8 Å². The van der Waals surface area contributed by atoms with Gasteiger partial charge in [0.1, 0.15) is 11.9 Å². The molecule has 1 aromatic carbocycles. The Kier molecular flexibility index (Phi) is 2.15. The number of nitriles is 1. The third-order valence-electron chi connectivity index (χ3n) is 2.85. The van der Waals surface area contributed by atoms with Crippen LogP contribution in [-0.4, -0.2) is 15.0 Å². The quantitative estimate of drug-likeness (QED) is 0.791. The predicted octanol–water partition coefficient (Wildman–Crippen LogP) is 2.16. The Morgan fingerprint density at radius 2 is 2.00 bits per heavy atom. The van der Waals surface area contributed by atoms with Gasteiger partial charge in [0.15, 0.2) is 5.69 Å². The van der Waals surface area contributed by atoms with E-state index in [0.717, 1.165) is 24.2 Å². The summed E-state index contributed by atoms with van der Waals surface area (Å²) in [6, 6.07) is 8.07. The molecular formula is C12H9FN4. The standard InChI is InChI=1S/C12H9FN4/c13-9-3-5-10(6-4-9)17-12(8-1-2-8)11(7-14)15-16-17/h3-6,8H,1-2H2. The summed E-state index contributed by atoms with van der Waals surface area (Å²) in [6.45, 7) is 0. The van der Waals surface area contributed by atoms with Crippen molar-refractivity contribution in [1.82, 2.24) is 15.0 Å². The molecule has 4 nitrogen and oxygen atoms in total. The van der Waals surface area contributed by atoms with Crippen LogP contribution >= 0.6 is 0 Å². The lowest BCUT2D eigenvalue weighted by Gasteiger charge is -2.04. The highest BCUT2D eigenvalue weighted by molar-refractivity contribution is 5.39. The molecule has 84 valence electrons. The van der Waals surface area contributed by atoms with E-state index in [4.69, 9.17) is 5.26 Å². The first-order valence-electron chi connectivity index (χ1n) is 5.41. The molecule has 0 amide bonds. The van der Waals surface area contributed by atoms with Crippen molar-refractivity contribution in [1.29, 1.82) is 5.26 Å². The van der Waals surface area contributed by atoms with Crippen molar-refractivity contribution in [3.05, 3.63) is 41.5 Å². The van der Waals surface area contributed by atoms with Crippen LogP contribution in [-0.2, 0) is 0 Å². The van der Waals surface area contributed by atoms with Crippen molar-refractivity contribution in [3.63, 3.8) is 0 Å². The highest BCUT2D eigenvalue weighted by Crippen LogP contribution is 2.41. The number of aromatic nitrogens is 3. The van der Waals surface area contributed by atoms with Crippen LogP contribution in [0.2, 0.25) is 0 Å². The molecule has 1 aliphatic rings. The zero-order valence-corrected chi connectivity index (χ0v) is 8.97. The van der Waals surface area contributed by atoms with Crippen LogP contribution in [0.25, 0.3) is 5.69 Å². The second-order valence-electron chi connectivity index (χ2n) is 4.10. The van der Waals surface area contributed by atoms with E-state index >= 15 is 0 Å². The maximum atomic E-state index is 12.8. The third kappa shape index (κ3) is 1.68. The van der Waals surface area contributed by atoms with Crippen molar-refractivity contribution in [2.45, 2.75) is 18.8 Å². The fraction of sp³-hybridized carbons (Fsp3) is 0.250. The first-order valence-corrected chi connectivity index (χ1v) is 5.41. The Morgan fingerprint density at radius 3 is 2.59 bits per heavy atom. The van der Waals surface area contributed by atoms with Crippen LogP contribution in [0.15, 0.2) is 24.3 Å². The Balaban J connectivity index is 2.11. The largest absolute Gasteiger partial charge is 0.216 e. The van der Waals surface area contributed by atoms with Gasteiger partial charge < -0.3 is 0 Å². The first-order chi connectivity index (χ1) is 8.29. The van der Waals surface area contributed by atoms with E-state index in [1.54, 1.807) is 16.8 Å². The molecule has 17 heavy (non-hydrogen) atoms. The van der Waals surface area contributed by atoms with Gasteiger partial charge >= 0.3 is 0 Å². The fourth-order valence-corrected chi connectivity index (χ4v) is 1.86. The molecule has 3 rings (SSSR count). The first kappa shape index (κ1) is 9.97. The zero-order chi connectivity index (χ0) is 11.8. The van der Waals surface area contributed by atoms with Gasteiger partial charge in [-0.25, -0.2) is 9.07 Å². The van der Waals surface area contributed by atoms with Gasteiger partial charge in [0.25, 0.3) is 0 Å². The van der Waals surface area contributed by atoms with Crippen LogP contribution in [0, 0.1) is 17.1 Å². The summed E-state index contributed by atoms with van der Waals surface area (Å²) in [6.07, 6.45) is 2.12. The van der Waals surface area contributed by atoms with E-state index in [0.29, 0.717) is 11.6 Å². The Labute approximate surface area is 97.3 Å². The summed E-state index contributed by atoms with van der Waals surface area (Å²) in [5, 5.41) is 16.8. The van der Waals surface area contributed by atoms with Crippen LogP contribution in [0.1, 0.15) is 30.1 Å². The van der Waals surface area contributed by atoms with Crippen LogP contribution in [0.3, 0.4) is 0 Å². The molecule has 0 spiro atoms. The van der Waals surface area contributed by atoms with Crippen LogP contribution in [0.4, 0.5) is 4.39 Å². The number of rotatable bonds is 2. The summed E-state index contributed by atoms with van der Waals surface area (Å²) >= 11 is 0. The lowest BCUT2D eigenvalue weighted by molar-refractivity contribution is 0.626. The Bertz CT molecular complexity index is 590. The minimum Gasteiger partial charge on any atom is -0.216 e. The Hall–Kier alpha value is -2.22. The van der Waals surface area contributed by atoms with Crippen molar-refractivity contribution in [2.24, 2.45) is 0 Å². The van der Waals surface area contributed by atoms with Gasteiger partial charge in [-0.3, -0.25) is 0 Å². The van der Waals surface area contributed by atoms with Gasteiger partial charge in [0, 0.05) is 5.92 Å². The summed E-state index contributed by atoms with van der Waals surface area (Å²) in [5.74, 6) is 0.0760. The summed E-state index contributed by atoms with van der Waals surface area (Å²) in [5.41, 5.74) is 1.96. The van der Waals surface area contributed by atoms with E-state index < -0.39 is 0 Å². The molecule has 1 saturated carbocycles. The van der Waals surface area contributed by atoms with Gasteiger partial charge in [-0.05, 0) is 37.1 Å². The van der Waals surface area contributed by atoms with Gasteiger partial charge in [-0.15, -0.1) is 5.10 Å². The molecule has 0 radical (unpaired) electrons. The van der Waals surface area contributed by atoms with E-state index in [-0.39, 0.29) is 5.82 Å². The van der Waals surface area contributed by atoms with Crippen molar-refractivity contribution in [2.75, 3.05) is 0 Å². The highest BCUT2D eigenvalue weighted by atomic mass is 19.1. The molecule has 5 heteroatoms. The number of halogens is 1. The molecule has 1 heterocycles. The minimum atomic E-state index is -0.289. The number of benzene rings is 1. The van der Waals surface area contributed by atoms with E-state index in [2.05, 4.69) is 10.3 Å². The SMILES string of the molecule is N#Cc1nnn(-c2ccc(F)cc2)c1C1CC1.